The van der Waals surface area contributed by atoms with Crippen LogP contribution in [-0.4, -0.2) is 40.1 Å². The van der Waals surface area contributed by atoms with Gasteiger partial charge in [0.15, 0.2) is 0 Å². The molecule has 1 heterocycles. The van der Waals surface area contributed by atoms with E-state index in [1.807, 2.05) is 20.8 Å². The predicted octanol–water partition coefficient (Wildman–Crippen LogP) is 3.47. The average Bonchev–Trinajstić information content (AvgIpc) is 2.93. The quantitative estimate of drug-likeness (QED) is 0.723. The standard InChI is InChI=1S/C24H27N3O4/c1-14(2)19(27-22(30)17-8-6-7-9-18(17)23(27)31)21(29)25-16-12-10-15(11-13-16)20(28)26-24(3,4)5/h6-14,19H,1-5H3,(H,25,29)(H,26,28). The first kappa shape index (κ1) is 22.2. The summed E-state index contributed by atoms with van der Waals surface area (Å²) >= 11 is 0. The van der Waals surface area contributed by atoms with Gasteiger partial charge in [0.2, 0.25) is 5.91 Å². The molecule has 0 aromatic heterocycles. The number of hydrogen-bond acceptors (Lipinski definition) is 4. The van der Waals surface area contributed by atoms with Crippen molar-refractivity contribution in [3.05, 3.63) is 65.2 Å². The number of carbonyl (C=O) groups is 4. The van der Waals surface area contributed by atoms with Crippen LogP contribution in [0.2, 0.25) is 0 Å². The van der Waals surface area contributed by atoms with Crippen LogP contribution in [0.5, 0.6) is 0 Å². The highest BCUT2D eigenvalue weighted by atomic mass is 16.2. The Morgan fingerprint density at radius 1 is 0.871 bits per heavy atom. The molecule has 2 N–H and O–H groups in total. The van der Waals surface area contributed by atoms with Gasteiger partial charge in [-0.1, -0.05) is 26.0 Å². The summed E-state index contributed by atoms with van der Waals surface area (Å²) in [6.45, 7) is 9.25. The van der Waals surface area contributed by atoms with E-state index in [1.165, 1.54) is 0 Å². The molecule has 1 atom stereocenters. The Labute approximate surface area is 181 Å². The van der Waals surface area contributed by atoms with Gasteiger partial charge in [-0.2, -0.15) is 0 Å². The van der Waals surface area contributed by atoms with Gasteiger partial charge in [0.05, 0.1) is 11.1 Å². The largest absolute Gasteiger partial charge is 0.347 e. The van der Waals surface area contributed by atoms with Gasteiger partial charge in [-0.3, -0.25) is 24.1 Å². The zero-order chi connectivity index (χ0) is 22.9. The summed E-state index contributed by atoms with van der Waals surface area (Å²) in [5.74, 6) is -1.90. The summed E-state index contributed by atoms with van der Waals surface area (Å²) in [4.78, 5) is 52.0. The highest BCUT2D eigenvalue weighted by molar-refractivity contribution is 6.23. The first-order valence-corrected chi connectivity index (χ1v) is 10.2. The monoisotopic (exact) mass is 421 g/mol. The Balaban J connectivity index is 1.77. The van der Waals surface area contributed by atoms with E-state index in [-0.39, 0.29) is 17.4 Å². The zero-order valence-electron chi connectivity index (χ0n) is 18.4. The third kappa shape index (κ3) is 4.66. The van der Waals surface area contributed by atoms with Crippen molar-refractivity contribution in [2.75, 3.05) is 5.32 Å². The number of fused-ring (bicyclic) bond motifs is 1. The molecule has 0 radical (unpaired) electrons. The lowest BCUT2D eigenvalue weighted by atomic mass is 10.0. The van der Waals surface area contributed by atoms with Gasteiger partial charge in [0.1, 0.15) is 6.04 Å². The molecule has 1 aliphatic heterocycles. The van der Waals surface area contributed by atoms with Gasteiger partial charge in [-0.25, -0.2) is 0 Å². The topological polar surface area (TPSA) is 95.6 Å². The van der Waals surface area contributed by atoms with Crippen molar-refractivity contribution in [1.82, 2.24) is 10.2 Å². The Bertz CT molecular complexity index is 1000. The molecule has 3 rings (SSSR count). The zero-order valence-corrected chi connectivity index (χ0v) is 18.4. The molecule has 2 aromatic carbocycles. The molecule has 0 saturated carbocycles. The minimum absolute atomic E-state index is 0.212. The van der Waals surface area contributed by atoms with Gasteiger partial charge in [0, 0.05) is 16.8 Å². The van der Waals surface area contributed by atoms with Crippen LogP contribution in [0.15, 0.2) is 48.5 Å². The molecule has 0 aliphatic carbocycles. The van der Waals surface area contributed by atoms with Crippen LogP contribution in [0.4, 0.5) is 5.69 Å². The minimum Gasteiger partial charge on any atom is -0.347 e. The summed E-state index contributed by atoms with van der Waals surface area (Å²) in [5.41, 5.74) is 1.19. The number of nitrogens with one attached hydrogen (secondary N) is 2. The Hall–Kier alpha value is -3.48. The van der Waals surface area contributed by atoms with E-state index in [9.17, 15) is 19.2 Å². The maximum atomic E-state index is 13.1. The van der Waals surface area contributed by atoms with Crippen molar-refractivity contribution in [1.29, 1.82) is 0 Å². The molecule has 31 heavy (non-hydrogen) atoms. The third-order valence-corrected chi connectivity index (χ3v) is 4.91. The lowest BCUT2D eigenvalue weighted by molar-refractivity contribution is -0.121. The van der Waals surface area contributed by atoms with Crippen LogP contribution in [0.1, 0.15) is 65.7 Å². The number of hydrogen-bond donors (Lipinski definition) is 2. The van der Waals surface area contributed by atoms with Crippen LogP contribution in [0.25, 0.3) is 0 Å². The number of anilines is 1. The molecule has 2 aromatic rings. The molecule has 0 bridgehead atoms. The smallest absolute Gasteiger partial charge is 0.262 e. The van der Waals surface area contributed by atoms with Crippen LogP contribution in [0, 0.1) is 5.92 Å². The predicted molar refractivity (Wildman–Crippen MR) is 118 cm³/mol. The summed E-state index contributed by atoms with van der Waals surface area (Å²) < 4.78 is 0. The molecule has 1 unspecified atom stereocenters. The van der Waals surface area contributed by atoms with Crippen LogP contribution < -0.4 is 10.6 Å². The van der Waals surface area contributed by atoms with E-state index in [0.717, 1.165) is 4.90 Å². The van der Waals surface area contributed by atoms with Gasteiger partial charge >= 0.3 is 0 Å². The lowest BCUT2D eigenvalue weighted by Gasteiger charge is -2.28. The van der Waals surface area contributed by atoms with Crippen molar-refractivity contribution < 1.29 is 19.2 Å². The number of nitrogens with zero attached hydrogens (tertiary/aromatic N) is 1. The maximum absolute atomic E-state index is 13.1. The third-order valence-electron chi connectivity index (χ3n) is 4.91. The fourth-order valence-electron chi connectivity index (χ4n) is 3.51. The Morgan fingerprint density at radius 2 is 1.39 bits per heavy atom. The van der Waals surface area contributed by atoms with Crippen LogP contribution >= 0.6 is 0 Å². The molecular formula is C24H27N3O4. The van der Waals surface area contributed by atoms with E-state index in [2.05, 4.69) is 10.6 Å². The van der Waals surface area contributed by atoms with Gasteiger partial charge < -0.3 is 10.6 Å². The number of rotatable bonds is 5. The molecule has 1 aliphatic rings. The molecule has 162 valence electrons. The lowest BCUT2D eigenvalue weighted by Crippen LogP contribution is -2.50. The fraction of sp³-hybridized carbons (Fsp3) is 0.333. The number of imide groups is 1. The summed E-state index contributed by atoms with van der Waals surface area (Å²) in [6, 6.07) is 12.1. The molecule has 0 spiro atoms. The first-order valence-electron chi connectivity index (χ1n) is 10.2. The van der Waals surface area contributed by atoms with Gasteiger partial charge in [-0.15, -0.1) is 0 Å². The number of carbonyl (C=O) groups excluding carboxylic acids is 4. The summed E-state index contributed by atoms with van der Waals surface area (Å²) in [7, 11) is 0. The second kappa shape index (κ2) is 8.34. The molecule has 4 amide bonds. The van der Waals surface area contributed by atoms with Crippen molar-refractivity contribution in [3.63, 3.8) is 0 Å². The number of benzene rings is 2. The highest BCUT2D eigenvalue weighted by Gasteiger charge is 2.43. The van der Waals surface area contributed by atoms with E-state index in [1.54, 1.807) is 62.4 Å². The van der Waals surface area contributed by atoms with Gasteiger partial charge in [0.25, 0.3) is 17.7 Å². The molecule has 0 fully saturated rings. The summed E-state index contributed by atoms with van der Waals surface area (Å²) in [6.07, 6.45) is 0. The Kier molecular flexibility index (Phi) is 5.97. The van der Waals surface area contributed by atoms with E-state index in [0.29, 0.717) is 22.4 Å². The van der Waals surface area contributed by atoms with E-state index in [4.69, 9.17) is 0 Å². The van der Waals surface area contributed by atoms with E-state index < -0.39 is 23.8 Å². The maximum Gasteiger partial charge on any atom is 0.262 e. The number of amides is 4. The van der Waals surface area contributed by atoms with Gasteiger partial charge in [-0.05, 0) is 63.1 Å². The SMILES string of the molecule is CC(C)C(C(=O)Nc1ccc(C(=O)NC(C)(C)C)cc1)N1C(=O)c2ccccc2C1=O. The minimum atomic E-state index is -0.962. The van der Waals surface area contributed by atoms with Crippen molar-refractivity contribution >= 4 is 29.3 Å². The van der Waals surface area contributed by atoms with Crippen LogP contribution in [0.3, 0.4) is 0 Å². The molecule has 0 saturated heterocycles. The average molecular weight is 421 g/mol. The van der Waals surface area contributed by atoms with Crippen molar-refractivity contribution in [2.24, 2.45) is 5.92 Å². The molecule has 7 heteroatoms. The second-order valence-electron chi connectivity index (χ2n) is 8.99. The van der Waals surface area contributed by atoms with Crippen molar-refractivity contribution in [3.8, 4) is 0 Å². The molecule has 7 nitrogen and oxygen atoms in total. The first-order chi connectivity index (χ1) is 14.5. The Morgan fingerprint density at radius 3 is 1.84 bits per heavy atom. The fourth-order valence-corrected chi connectivity index (χ4v) is 3.51. The van der Waals surface area contributed by atoms with Crippen molar-refractivity contribution in [2.45, 2.75) is 46.2 Å². The van der Waals surface area contributed by atoms with E-state index >= 15 is 0 Å². The summed E-state index contributed by atoms with van der Waals surface area (Å²) in [5, 5.41) is 5.64. The second-order valence-corrected chi connectivity index (χ2v) is 8.99. The molecular weight excluding hydrogens is 394 g/mol. The highest BCUT2D eigenvalue weighted by Crippen LogP contribution is 2.27. The normalized spacial score (nSPS) is 14.5. The van der Waals surface area contributed by atoms with Crippen LogP contribution in [-0.2, 0) is 4.79 Å².